The van der Waals surface area contributed by atoms with Crippen LogP contribution in [0.2, 0.25) is 0 Å². The van der Waals surface area contributed by atoms with Gasteiger partial charge >= 0.3 is 0 Å². The fourth-order valence-electron chi connectivity index (χ4n) is 1.66. The summed E-state index contributed by atoms with van der Waals surface area (Å²) in [7, 11) is 1.67. The molecule has 102 valence electrons. The van der Waals surface area contributed by atoms with Crippen LogP contribution in [0.1, 0.15) is 46.0 Å². The van der Waals surface area contributed by atoms with Gasteiger partial charge in [0.25, 0.3) is 0 Å². The molecule has 0 saturated heterocycles. The Hall–Kier alpha value is -0.810. The predicted octanol–water partition coefficient (Wildman–Crippen LogP) is 1.40. The minimum atomic E-state index is 0.456. The van der Waals surface area contributed by atoms with Crippen molar-refractivity contribution >= 4 is 5.96 Å². The van der Waals surface area contributed by atoms with E-state index in [1.165, 1.54) is 12.8 Å². The Morgan fingerprint density at radius 2 is 2.06 bits per heavy atom. The maximum Gasteiger partial charge on any atom is 0.206 e. The van der Waals surface area contributed by atoms with Gasteiger partial charge in [0.1, 0.15) is 0 Å². The Bertz CT molecular complexity index is 197. The van der Waals surface area contributed by atoms with Gasteiger partial charge in [-0.2, -0.15) is 0 Å². The molecule has 5 heteroatoms. The van der Waals surface area contributed by atoms with Crippen molar-refractivity contribution in [3.8, 4) is 0 Å². The van der Waals surface area contributed by atoms with E-state index in [1.807, 2.05) is 0 Å². The highest BCUT2D eigenvalue weighted by molar-refractivity contribution is 5.79. The fraction of sp³-hybridized carbons (Fsp3) is 0.917. The molecule has 0 aromatic carbocycles. The summed E-state index contributed by atoms with van der Waals surface area (Å²) >= 11 is 0. The summed E-state index contributed by atoms with van der Waals surface area (Å²) in [5.74, 6) is 6.11. The van der Waals surface area contributed by atoms with Gasteiger partial charge in [-0.05, 0) is 12.8 Å². The first kappa shape index (κ1) is 16.2. The van der Waals surface area contributed by atoms with Crippen molar-refractivity contribution in [2.75, 3.05) is 20.3 Å². The lowest BCUT2D eigenvalue weighted by Gasteiger charge is -2.20. The van der Waals surface area contributed by atoms with Gasteiger partial charge < -0.3 is 10.1 Å². The largest absolute Gasteiger partial charge is 0.383 e. The van der Waals surface area contributed by atoms with Crippen LogP contribution in [-0.2, 0) is 4.74 Å². The first-order valence-electron chi connectivity index (χ1n) is 6.54. The monoisotopic (exact) mass is 244 g/mol. The molecule has 0 heterocycles. The summed E-state index contributed by atoms with van der Waals surface area (Å²) in [6.45, 7) is 5.63. The molecule has 4 N–H and O–H groups in total. The molecule has 0 spiro atoms. The van der Waals surface area contributed by atoms with Gasteiger partial charge in [-0.15, -0.1) is 0 Å². The fourth-order valence-corrected chi connectivity index (χ4v) is 1.66. The zero-order chi connectivity index (χ0) is 12.9. The van der Waals surface area contributed by atoms with Crippen LogP contribution in [0.25, 0.3) is 0 Å². The van der Waals surface area contributed by atoms with Crippen LogP contribution in [0.3, 0.4) is 0 Å². The summed E-state index contributed by atoms with van der Waals surface area (Å²) in [4.78, 5) is 4.31. The molecule has 0 amide bonds. The number of guanidine groups is 1. The normalized spacial score (nSPS) is 13.5. The highest BCUT2D eigenvalue weighted by Gasteiger charge is 2.08. The van der Waals surface area contributed by atoms with Crippen molar-refractivity contribution < 1.29 is 4.74 Å². The molecule has 0 aromatic heterocycles. The molecule has 0 bridgehead atoms. The topological polar surface area (TPSA) is 71.7 Å². The summed E-state index contributed by atoms with van der Waals surface area (Å²) in [6.07, 6.45) is 5.92. The lowest BCUT2D eigenvalue weighted by atomic mass is 10.1. The number of rotatable bonds is 9. The van der Waals surface area contributed by atoms with Crippen LogP contribution in [0.5, 0.6) is 0 Å². The van der Waals surface area contributed by atoms with E-state index in [0.29, 0.717) is 25.2 Å². The van der Waals surface area contributed by atoms with Gasteiger partial charge in [0.2, 0.25) is 5.96 Å². The Kier molecular flexibility index (Phi) is 11.1. The number of methoxy groups -OCH3 is 1. The summed E-state index contributed by atoms with van der Waals surface area (Å²) < 4.78 is 4.95. The number of nitrogens with two attached hydrogens (primary N) is 1. The molecule has 0 aromatic rings. The van der Waals surface area contributed by atoms with Gasteiger partial charge in [-0.25, -0.2) is 10.8 Å². The number of unbranched alkanes of at least 4 members (excludes halogenated alkanes) is 1. The number of nitrogens with one attached hydrogen (secondary N) is 2. The van der Waals surface area contributed by atoms with Crippen LogP contribution in [0, 0.1) is 0 Å². The van der Waals surface area contributed by atoms with E-state index in [2.05, 4.69) is 29.6 Å². The van der Waals surface area contributed by atoms with E-state index in [4.69, 9.17) is 10.6 Å². The van der Waals surface area contributed by atoms with E-state index < -0.39 is 0 Å². The van der Waals surface area contributed by atoms with Crippen molar-refractivity contribution in [2.45, 2.75) is 52.0 Å². The smallest absolute Gasteiger partial charge is 0.206 e. The second-order valence-electron chi connectivity index (χ2n) is 4.14. The van der Waals surface area contributed by atoms with E-state index >= 15 is 0 Å². The summed E-state index contributed by atoms with van der Waals surface area (Å²) in [6, 6.07) is 0.456. The number of hydrogen-bond donors (Lipinski definition) is 3. The van der Waals surface area contributed by atoms with E-state index in [-0.39, 0.29) is 0 Å². The molecule has 17 heavy (non-hydrogen) atoms. The molecule has 0 radical (unpaired) electrons. The van der Waals surface area contributed by atoms with Crippen molar-refractivity contribution in [1.29, 1.82) is 0 Å². The molecular formula is C12H28N4O. The number of ether oxygens (including phenoxy) is 1. The summed E-state index contributed by atoms with van der Waals surface area (Å²) in [5, 5.41) is 3.36. The third-order valence-electron chi connectivity index (χ3n) is 2.59. The number of hydrazine groups is 1. The highest BCUT2D eigenvalue weighted by Crippen LogP contribution is 2.06. The van der Waals surface area contributed by atoms with Crippen LogP contribution in [-0.4, -0.2) is 32.3 Å². The molecule has 0 aliphatic rings. The van der Waals surface area contributed by atoms with Crippen LogP contribution >= 0.6 is 0 Å². The Balaban J connectivity index is 4.11. The van der Waals surface area contributed by atoms with Crippen LogP contribution < -0.4 is 16.6 Å². The average molecular weight is 244 g/mol. The van der Waals surface area contributed by atoms with Gasteiger partial charge in [0.05, 0.1) is 13.2 Å². The minimum absolute atomic E-state index is 0.456. The standard InChI is InChI=1S/C12H28N4O/c1-4-6-8-11(7-5-2)15-12(16-13)14-9-10-17-3/h11H,4-10,13H2,1-3H3,(H2,14,15,16). The predicted molar refractivity (Wildman–Crippen MR) is 72.9 cm³/mol. The Morgan fingerprint density at radius 1 is 1.29 bits per heavy atom. The van der Waals surface area contributed by atoms with Crippen molar-refractivity contribution in [3.05, 3.63) is 0 Å². The van der Waals surface area contributed by atoms with E-state index in [1.54, 1.807) is 7.11 Å². The molecule has 0 rings (SSSR count). The molecule has 5 nitrogen and oxygen atoms in total. The lowest BCUT2D eigenvalue weighted by molar-refractivity contribution is 0.208. The Morgan fingerprint density at radius 3 is 2.59 bits per heavy atom. The molecule has 0 aliphatic heterocycles. The maximum atomic E-state index is 5.44. The first-order chi connectivity index (χ1) is 8.28. The summed E-state index contributed by atoms with van der Waals surface area (Å²) in [5.41, 5.74) is 2.61. The first-order valence-corrected chi connectivity index (χ1v) is 6.54. The van der Waals surface area contributed by atoms with Crippen molar-refractivity contribution in [3.63, 3.8) is 0 Å². The number of hydrogen-bond acceptors (Lipinski definition) is 3. The molecule has 0 saturated carbocycles. The van der Waals surface area contributed by atoms with Gasteiger partial charge in [0.15, 0.2) is 0 Å². The van der Waals surface area contributed by atoms with Gasteiger partial charge in [0, 0.05) is 13.2 Å². The second kappa shape index (κ2) is 11.7. The van der Waals surface area contributed by atoms with Crippen molar-refractivity contribution in [1.82, 2.24) is 10.7 Å². The molecule has 0 fully saturated rings. The van der Waals surface area contributed by atoms with Gasteiger partial charge in [-0.1, -0.05) is 33.1 Å². The average Bonchev–Trinajstić information content (AvgIpc) is 2.35. The van der Waals surface area contributed by atoms with E-state index in [9.17, 15) is 0 Å². The zero-order valence-electron chi connectivity index (χ0n) is 11.5. The lowest BCUT2D eigenvalue weighted by Crippen LogP contribution is -2.46. The van der Waals surface area contributed by atoms with Crippen LogP contribution in [0.15, 0.2) is 4.99 Å². The third kappa shape index (κ3) is 8.94. The highest BCUT2D eigenvalue weighted by atomic mass is 16.5. The molecule has 0 aliphatic carbocycles. The number of nitrogens with zero attached hydrogens (tertiary/aromatic N) is 1. The molecule has 1 atom stereocenters. The minimum Gasteiger partial charge on any atom is -0.383 e. The Labute approximate surface area is 105 Å². The third-order valence-corrected chi connectivity index (χ3v) is 2.59. The number of aliphatic imine (C=N–C) groups is 1. The molecular weight excluding hydrogens is 216 g/mol. The second-order valence-corrected chi connectivity index (χ2v) is 4.14. The van der Waals surface area contributed by atoms with Crippen LogP contribution in [0.4, 0.5) is 0 Å². The SMILES string of the molecule is CCCCC(CCC)NC(=NCCOC)NN. The van der Waals surface area contributed by atoms with Crippen molar-refractivity contribution in [2.24, 2.45) is 10.8 Å². The van der Waals surface area contributed by atoms with E-state index in [0.717, 1.165) is 19.3 Å². The zero-order valence-corrected chi connectivity index (χ0v) is 11.5. The molecule has 1 unspecified atom stereocenters. The van der Waals surface area contributed by atoms with Gasteiger partial charge in [-0.3, -0.25) is 5.43 Å². The quantitative estimate of drug-likeness (QED) is 0.188. The maximum absolute atomic E-state index is 5.44.